The first-order valence-electron chi connectivity index (χ1n) is 5.77. The maximum absolute atomic E-state index is 11.3. The summed E-state index contributed by atoms with van der Waals surface area (Å²) in [6.07, 6.45) is 0.366. The Morgan fingerprint density at radius 3 is 1.85 bits per heavy atom. The second kappa shape index (κ2) is 5.59. The van der Waals surface area contributed by atoms with Crippen molar-refractivity contribution in [3.8, 4) is 0 Å². The molecule has 0 aliphatic heterocycles. The summed E-state index contributed by atoms with van der Waals surface area (Å²) in [5.41, 5.74) is -0.531. The van der Waals surface area contributed by atoms with Gasteiger partial charge in [0.1, 0.15) is 4.90 Å². The Labute approximate surface area is 115 Å². The van der Waals surface area contributed by atoms with Gasteiger partial charge in [-0.25, -0.2) is 9.59 Å². The standard InChI is InChI=1S/C12H14O7S/c1-3-6-7(4-2)10(12(15)16)9(20(17,18)19)5-8(6)11(13)14/h5H,3-4H2,1-2H3,(H,13,14)(H,15,16)(H,17,18,19). The Hall–Kier alpha value is -1.93. The summed E-state index contributed by atoms with van der Waals surface area (Å²) >= 11 is 0. The Bertz CT molecular complexity index is 674. The molecule has 0 atom stereocenters. The van der Waals surface area contributed by atoms with E-state index in [1.54, 1.807) is 13.8 Å². The molecule has 0 bridgehead atoms. The van der Waals surface area contributed by atoms with Crippen molar-refractivity contribution in [2.75, 3.05) is 0 Å². The molecule has 0 fully saturated rings. The van der Waals surface area contributed by atoms with Crippen molar-refractivity contribution < 1.29 is 32.8 Å². The Balaban J connectivity index is 4.00. The van der Waals surface area contributed by atoms with Crippen LogP contribution in [0.5, 0.6) is 0 Å². The molecule has 1 aromatic rings. The number of benzene rings is 1. The number of hydrogen-bond acceptors (Lipinski definition) is 4. The van der Waals surface area contributed by atoms with Crippen molar-refractivity contribution in [3.63, 3.8) is 0 Å². The Morgan fingerprint density at radius 1 is 1.05 bits per heavy atom. The van der Waals surface area contributed by atoms with E-state index in [1.165, 1.54) is 0 Å². The van der Waals surface area contributed by atoms with Crippen LogP contribution in [0.4, 0.5) is 0 Å². The molecular formula is C12H14O7S. The van der Waals surface area contributed by atoms with Crippen LogP contribution in [0.3, 0.4) is 0 Å². The van der Waals surface area contributed by atoms with Gasteiger partial charge < -0.3 is 10.2 Å². The highest BCUT2D eigenvalue weighted by molar-refractivity contribution is 7.86. The molecular weight excluding hydrogens is 288 g/mol. The van der Waals surface area contributed by atoms with Gasteiger partial charge in [-0.1, -0.05) is 13.8 Å². The lowest BCUT2D eigenvalue weighted by Crippen LogP contribution is -2.17. The van der Waals surface area contributed by atoms with E-state index in [-0.39, 0.29) is 29.5 Å². The van der Waals surface area contributed by atoms with E-state index in [0.717, 1.165) is 0 Å². The molecule has 0 aliphatic carbocycles. The summed E-state index contributed by atoms with van der Waals surface area (Å²) in [5, 5.41) is 18.3. The van der Waals surface area contributed by atoms with Gasteiger partial charge in [0, 0.05) is 0 Å². The molecule has 1 rings (SSSR count). The van der Waals surface area contributed by atoms with E-state index in [0.29, 0.717) is 6.07 Å². The maximum atomic E-state index is 11.3. The quantitative estimate of drug-likeness (QED) is 0.702. The molecule has 8 heteroatoms. The molecule has 0 aliphatic rings. The fraction of sp³-hybridized carbons (Fsp3) is 0.333. The van der Waals surface area contributed by atoms with E-state index in [2.05, 4.69) is 0 Å². The van der Waals surface area contributed by atoms with Gasteiger partial charge in [-0.15, -0.1) is 0 Å². The molecule has 0 heterocycles. The van der Waals surface area contributed by atoms with Crippen LogP contribution in [0.15, 0.2) is 11.0 Å². The minimum atomic E-state index is -4.84. The molecule has 1 aromatic carbocycles. The van der Waals surface area contributed by atoms with E-state index in [1.807, 2.05) is 0 Å². The number of rotatable bonds is 5. The van der Waals surface area contributed by atoms with Gasteiger partial charge in [0.2, 0.25) is 0 Å². The minimum absolute atomic E-state index is 0.104. The van der Waals surface area contributed by atoms with E-state index < -0.39 is 32.5 Å². The second-order valence-electron chi connectivity index (χ2n) is 4.05. The molecule has 0 saturated carbocycles. The van der Waals surface area contributed by atoms with Crippen molar-refractivity contribution in [1.82, 2.24) is 0 Å². The van der Waals surface area contributed by atoms with Gasteiger partial charge in [-0.3, -0.25) is 4.55 Å². The lowest BCUT2D eigenvalue weighted by molar-refractivity contribution is 0.0675. The molecule has 0 unspecified atom stereocenters. The SMILES string of the molecule is CCc1c(C(=O)O)cc(S(=O)(=O)O)c(C(=O)O)c1CC. The zero-order valence-electron chi connectivity index (χ0n) is 10.9. The van der Waals surface area contributed by atoms with Gasteiger partial charge in [0.05, 0.1) is 11.1 Å². The van der Waals surface area contributed by atoms with Gasteiger partial charge in [-0.05, 0) is 30.0 Å². The van der Waals surface area contributed by atoms with Crippen LogP contribution < -0.4 is 0 Å². The highest BCUT2D eigenvalue weighted by Gasteiger charge is 2.28. The number of carboxylic acid groups (broad SMARTS) is 2. The van der Waals surface area contributed by atoms with Crippen molar-refractivity contribution in [2.24, 2.45) is 0 Å². The first-order valence-corrected chi connectivity index (χ1v) is 7.21. The van der Waals surface area contributed by atoms with Crippen molar-refractivity contribution in [3.05, 3.63) is 28.3 Å². The topological polar surface area (TPSA) is 129 Å². The van der Waals surface area contributed by atoms with Gasteiger partial charge in [0.25, 0.3) is 10.1 Å². The summed E-state index contributed by atoms with van der Waals surface area (Å²) in [6, 6.07) is 0.694. The zero-order chi connectivity index (χ0) is 15.7. The van der Waals surface area contributed by atoms with Crippen molar-refractivity contribution in [1.29, 1.82) is 0 Å². The smallest absolute Gasteiger partial charge is 0.337 e. The summed E-state index contributed by atoms with van der Waals surface area (Å²) in [4.78, 5) is 21.6. The lowest BCUT2D eigenvalue weighted by atomic mass is 9.92. The molecule has 3 N–H and O–H groups in total. The second-order valence-corrected chi connectivity index (χ2v) is 5.44. The summed E-state index contributed by atoms with van der Waals surface area (Å²) in [7, 11) is -4.84. The first kappa shape index (κ1) is 16.1. The largest absolute Gasteiger partial charge is 0.478 e. The van der Waals surface area contributed by atoms with E-state index in [4.69, 9.17) is 14.8 Å². The Kier molecular flexibility index (Phi) is 4.51. The third kappa shape index (κ3) is 2.81. The van der Waals surface area contributed by atoms with Gasteiger partial charge in [-0.2, -0.15) is 8.42 Å². The van der Waals surface area contributed by atoms with Crippen LogP contribution in [-0.2, 0) is 23.0 Å². The van der Waals surface area contributed by atoms with Gasteiger partial charge in [0.15, 0.2) is 0 Å². The number of carboxylic acids is 2. The van der Waals surface area contributed by atoms with Crippen LogP contribution in [0.2, 0.25) is 0 Å². The Morgan fingerprint density at radius 2 is 1.55 bits per heavy atom. The van der Waals surface area contributed by atoms with Crippen molar-refractivity contribution in [2.45, 2.75) is 31.6 Å². The average Bonchev–Trinajstić information content (AvgIpc) is 2.34. The number of hydrogen-bond donors (Lipinski definition) is 3. The zero-order valence-corrected chi connectivity index (χ0v) is 11.7. The minimum Gasteiger partial charge on any atom is -0.478 e. The number of aromatic carboxylic acids is 2. The highest BCUT2D eigenvalue weighted by atomic mass is 32.2. The van der Waals surface area contributed by atoms with Crippen LogP contribution in [0, 0.1) is 0 Å². The van der Waals surface area contributed by atoms with Crippen LogP contribution in [-0.4, -0.2) is 35.1 Å². The molecule has 0 saturated heterocycles. The third-order valence-corrected chi connectivity index (χ3v) is 3.82. The summed E-state index contributed by atoms with van der Waals surface area (Å²) in [6.45, 7) is 3.22. The first-order chi connectivity index (χ1) is 9.15. The van der Waals surface area contributed by atoms with E-state index >= 15 is 0 Å². The lowest BCUT2D eigenvalue weighted by Gasteiger charge is -2.15. The fourth-order valence-corrected chi connectivity index (χ4v) is 2.91. The van der Waals surface area contributed by atoms with Crippen molar-refractivity contribution >= 4 is 22.1 Å². The molecule has 20 heavy (non-hydrogen) atoms. The molecule has 0 aromatic heterocycles. The normalized spacial score (nSPS) is 11.3. The molecule has 7 nitrogen and oxygen atoms in total. The van der Waals surface area contributed by atoms with Crippen LogP contribution >= 0.6 is 0 Å². The highest BCUT2D eigenvalue weighted by Crippen LogP contribution is 2.28. The molecule has 0 radical (unpaired) electrons. The van der Waals surface area contributed by atoms with Crippen LogP contribution in [0.25, 0.3) is 0 Å². The summed E-state index contributed by atoms with van der Waals surface area (Å²) < 4.78 is 31.7. The third-order valence-electron chi connectivity index (χ3n) is 2.94. The van der Waals surface area contributed by atoms with Crippen LogP contribution in [0.1, 0.15) is 45.7 Å². The van der Waals surface area contributed by atoms with E-state index in [9.17, 15) is 18.0 Å². The monoisotopic (exact) mass is 302 g/mol. The fourth-order valence-electron chi connectivity index (χ4n) is 2.18. The molecule has 0 amide bonds. The molecule has 0 spiro atoms. The molecule has 110 valence electrons. The predicted molar refractivity (Wildman–Crippen MR) is 68.9 cm³/mol. The maximum Gasteiger partial charge on any atom is 0.337 e. The summed E-state index contributed by atoms with van der Waals surface area (Å²) in [5.74, 6) is -2.90. The predicted octanol–water partition coefficient (Wildman–Crippen LogP) is 1.45. The number of carbonyl (C=O) groups is 2. The average molecular weight is 302 g/mol. The van der Waals surface area contributed by atoms with Gasteiger partial charge >= 0.3 is 11.9 Å².